The van der Waals surface area contributed by atoms with Crippen molar-refractivity contribution in [1.82, 2.24) is 4.90 Å². The molecule has 1 amide bonds. The first-order valence-corrected chi connectivity index (χ1v) is 12.5. The number of aliphatic hydroxyl groups is 1. The summed E-state index contributed by atoms with van der Waals surface area (Å²) in [7, 11) is 0. The third kappa shape index (κ3) is 9.82. The molecule has 36 heavy (non-hydrogen) atoms. The van der Waals surface area contributed by atoms with Gasteiger partial charge in [0.1, 0.15) is 18.1 Å². The van der Waals surface area contributed by atoms with Gasteiger partial charge < -0.3 is 36.8 Å². The zero-order valence-electron chi connectivity index (χ0n) is 19.9. The predicted octanol–water partition coefficient (Wildman–Crippen LogP) is 1.07. The number of nitrogens with two attached hydrogens (primary N) is 2. The van der Waals surface area contributed by atoms with Crippen LogP contribution >= 0.6 is 11.8 Å². The molecule has 0 unspecified atom stereocenters. The SMILES string of the molecule is CSCC[C@H](N)C(=O)O.N[C@@H](CO)C(=O)O.O=C(O)[C@@H]1CCCN1C(=O)c1ccc2ccccc2c1. The Morgan fingerprint density at radius 2 is 1.61 bits per heavy atom. The monoisotopic (exact) mass is 523 g/mol. The molecule has 3 rings (SSSR count). The van der Waals surface area contributed by atoms with Crippen molar-refractivity contribution in [1.29, 1.82) is 0 Å². The number of likely N-dealkylation sites (tertiary alicyclic amines) is 1. The summed E-state index contributed by atoms with van der Waals surface area (Å²) < 4.78 is 0. The lowest BCUT2D eigenvalue weighted by atomic mass is 10.1. The second-order valence-electron chi connectivity index (χ2n) is 7.91. The Morgan fingerprint density at radius 3 is 2.11 bits per heavy atom. The number of carbonyl (C=O) groups excluding carboxylic acids is 1. The van der Waals surface area contributed by atoms with Gasteiger partial charge in [-0.25, -0.2) is 4.79 Å². The minimum Gasteiger partial charge on any atom is -0.480 e. The molecule has 1 heterocycles. The van der Waals surface area contributed by atoms with Crippen LogP contribution in [0.3, 0.4) is 0 Å². The van der Waals surface area contributed by atoms with Gasteiger partial charge in [-0.05, 0) is 54.2 Å². The van der Waals surface area contributed by atoms with Crippen molar-refractivity contribution in [2.75, 3.05) is 25.2 Å². The molecule has 1 aliphatic rings. The minimum atomic E-state index is -1.18. The number of benzene rings is 2. The third-order valence-corrected chi connectivity index (χ3v) is 5.90. The molecule has 0 spiro atoms. The number of rotatable bonds is 8. The van der Waals surface area contributed by atoms with Gasteiger partial charge in [-0.3, -0.25) is 14.4 Å². The fourth-order valence-corrected chi connectivity index (χ4v) is 3.69. The minimum absolute atomic E-state index is 0.194. The first-order chi connectivity index (χ1) is 17.0. The van der Waals surface area contributed by atoms with E-state index in [1.165, 1.54) is 4.90 Å². The zero-order chi connectivity index (χ0) is 27.3. The highest BCUT2D eigenvalue weighted by Crippen LogP contribution is 2.22. The molecule has 198 valence electrons. The number of aliphatic hydroxyl groups excluding tert-OH is 1. The number of fused-ring (bicyclic) bond motifs is 1. The molecule has 8 N–H and O–H groups in total. The van der Waals surface area contributed by atoms with E-state index in [1.807, 2.05) is 42.7 Å². The van der Waals surface area contributed by atoms with Gasteiger partial charge in [0.2, 0.25) is 0 Å². The van der Waals surface area contributed by atoms with Crippen LogP contribution in [0.2, 0.25) is 0 Å². The van der Waals surface area contributed by atoms with E-state index < -0.39 is 42.6 Å². The molecule has 2 aromatic carbocycles. The number of hydrogen-bond acceptors (Lipinski definition) is 8. The number of aliphatic carboxylic acids is 3. The summed E-state index contributed by atoms with van der Waals surface area (Å²) in [6.45, 7) is 0.0119. The van der Waals surface area contributed by atoms with Crippen LogP contribution in [0.5, 0.6) is 0 Å². The zero-order valence-corrected chi connectivity index (χ0v) is 20.8. The van der Waals surface area contributed by atoms with E-state index in [-0.39, 0.29) is 5.91 Å². The van der Waals surface area contributed by atoms with Gasteiger partial charge >= 0.3 is 17.9 Å². The molecule has 1 saturated heterocycles. The number of amides is 1. The summed E-state index contributed by atoms with van der Waals surface area (Å²) in [6, 6.07) is 10.8. The van der Waals surface area contributed by atoms with Crippen molar-refractivity contribution < 1.29 is 39.6 Å². The van der Waals surface area contributed by atoms with E-state index in [9.17, 15) is 19.2 Å². The van der Waals surface area contributed by atoms with Crippen molar-refractivity contribution in [3.05, 3.63) is 48.0 Å². The fourth-order valence-electron chi connectivity index (χ4n) is 3.20. The van der Waals surface area contributed by atoms with Crippen molar-refractivity contribution in [2.45, 2.75) is 37.4 Å². The number of carboxylic acids is 3. The van der Waals surface area contributed by atoms with Crippen molar-refractivity contribution in [3.8, 4) is 0 Å². The van der Waals surface area contributed by atoms with E-state index in [0.717, 1.165) is 22.9 Å². The van der Waals surface area contributed by atoms with E-state index in [4.69, 9.17) is 31.9 Å². The fraction of sp³-hybridized carbons (Fsp3) is 0.417. The third-order valence-electron chi connectivity index (χ3n) is 5.26. The summed E-state index contributed by atoms with van der Waals surface area (Å²) in [5.74, 6) is -2.39. The number of nitrogens with zero attached hydrogens (tertiary/aromatic N) is 1. The maximum Gasteiger partial charge on any atom is 0.326 e. The van der Waals surface area contributed by atoms with Crippen LogP contribution in [0, 0.1) is 0 Å². The van der Waals surface area contributed by atoms with Gasteiger partial charge in [0.15, 0.2) is 0 Å². The number of hydrogen-bond donors (Lipinski definition) is 6. The van der Waals surface area contributed by atoms with Crippen LogP contribution in [0.1, 0.15) is 29.6 Å². The Hall–Kier alpha value is -3.19. The van der Waals surface area contributed by atoms with Crippen LogP contribution in [-0.2, 0) is 14.4 Å². The Kier molecular flexibility index (Phi) is 13.5. The average Bonchev–Trinajstić information content (AvgIpc) is 3.37. The lowest BCUT2D eigenvalue weighted by Gasteiger charge is -2.21. The van der Waals surface area contributed by atoms with Crippen LogP contribution in [0.4, 0.5) is 0 Å². The molecule has 0 bridgehead atoms. The maximum atomic E-state index is 12.5. The second kappa shape index (κ2) is 15.7. The molecule has 1 aliphatic heterocycles. The van der Waals surface area contributed by atoms with Crippen LogP contribution in [0.25, 0.3) is 10.8 Å². The van der Waals surface area contributed by atoms with Gasteiger partial charge in [-0.1, -0.05) is 30.3 Å². The van der Waals surface area contributed by atoms with Crippen LogP contribution in [-0.4, -0.2) is 92.4 Å². The van der Waals surface area contributed by atoms with Gasteiger partial charge in [0, 0.05) is 12.1 Å². The molecule has 0 aromatic heterocycles. The van der Waals surface area contributed by atoms with E-state index in [2.05, 4.69) is 0 Å². The van der Waals surface area contributed by atoms with Crippen LogP contribution < -0.4 is 11.5 Å². The molecule has 12 heteroatoms. The predicted molar refractivity (Wildman–Crippen MR) is 137 cm³/mol. The Labute approximate surface area is 213 Å². The van der Waals surface area contributed by atoms with Gasteiger partial charge in [-0.15, -0.1) is 0 Å². The summed E-state index contributed by atoms with van der Waals surface area (Å²) in [5, 5.41) is 35.4. The highest BCUT2D eigenvalue weighted by atomic mass is 32.2. The standard InChI is InChI=1S/C16H15NO3.C5H11NO2S.C3H7NO3/c18-15(17-9-3-6-14(17)16(19)20)13-8-7-11-4-1-2-5-12(11)10-13;1-9-3-2-4(6)5(7)8;4-2(1-5)3(6)7/h1-2,4-5,7-8,10,14H,3,6,9H2,(H,19,20);4H,2-3,6H2,1H3,(H,7,8);2,5H,1,4H2,(H,6,7)/t14-;4-;2-/m000/s1. The van der Waals surface area contributed by atoms with Gasteiger partial charge in [-0.2, -0.15) is 11.8 Å². The molecule has 1 fully saturated rings. The molecule has 0 aliphatic carbocycles. The summed E-state index contributed by atoms with van der Waals surface area (Å²) in [4.78, 5) is 44.8. The molecular formula is C24H33N3O8S. The molecular weight excluding hydrogens is 490 g/mol. The van der Waals surface area contributed by atoms with E-state index in [1.54, 1.807) is 17.8 Å². The number of thioether (sulfide) groups is 1. The van der Waals surface area contributed by atoms with E-state index in [0.29, 0.717) is 24.9 Å². The van der Waals surface area contributed by atoms with Gasteiger partial charge in [0.05, 0.1) is 6.61 Å². The van der Waals surface area contributed by atoms with Crippen LogP contribution in [0.15, 0.2) is 42.5 Å². The maximum absolute atomic E-state index is 12.5. The van der Waals surface area contributed by atoms with Crippen molar-refractivity contribution in [2.24, 2.45) is 11.5 Å². The second-order valence-corrected chi connectivity index (χ2v) is 8.90. The first kappa shape index (κ1) is 30.8. The summed E-state index contributed by atoms with van der Waals surface area (Å²) in [5.41, 5.74) is 10.5. The highest BCUT2D eigenvalue weighted by Gasteiger charge is 2.34. The molecule has 2 aromatic rings. The Morgan fingerprint density at radius 1 is 1.00 bits per heavy atom. The topological polar surface area (TPSA) is 204 Å². The Bertz CT molecular complexity index is 1040. The summed E-state index contributed by atoms with van der Waals surface area (Å²) >= 11 is 1.60. The van der Waals surface area contributed by atoms with E-state index >= 15 is 0 Å². The Balaban J connectivity index is 0.000000338. The number of carbonyl (C=O) groups is 4. The summed E-state index contributed by atoms with van der Waals surface area (Å²) in [6.07, 6.45) is 3.76. The molecule has 0 saturated carbocycles. The van der Waals surface area contributed by atoms with Crippen molar-refractivity contribution in [3.63, 3.8) is 0 Å². The van der Waals surface area contributed by atoms with Crippen molar-refractivity contribution >= 4 is 46.3 Å². The lowest BCUT2D eigenvalue weighted by Crippen LogP contribution is -2.40. The lowest BCUT2D eigenvalue weighted by molar-refractivity contribution is -0.141. The molecule has 3 atom stereocenters. The largest absolute Gasteiger partial charge is 0.480 e. The average molecular weight is 524 g/mol. The highest BCUT2D eigenvalue weighted by molar-refractivity contribution is 7.98. The van der Waals surface area contributed by atoms with Gasteiger partial charge in [0.25, 0.3) is 5.91 Å². The molecule has 11 nitrogen and oxygen atoms in total. The number of carboxylic acid groups (broad SMARTS) is 3. The quantitative estimate of drug-likeness (QED) is 0.289. The normalized spacial score (nSPS) is 16.1. The smallest absolute Gasteiger partial charge is 0.326 e. The molecule has 0 radical (unpaired) electrons. The first-order valence-electron chi connectivity index (χ1n) is 11.1.